The normalized spacial score (nSPS) is 18.9. The number of nitrogens with one attached hydrogen (secondary N) is 2. The fourth-order valence-corrected chi connectivity index (χ4v) is 2.06. The van der Waals surface area contributed by atoms with E-state index in [-0.39, 0.29) is 23.6 Å². The van der Waals surface area contributed by atoms with Crippen molar-refractivity contribution in [2.75, 3.05) is 18.6 Å². The quantitative estimate of drug-likeness (QED) is 0.556. The average molecular weight is 279 g/mol. The van der Waals surface area contributed by atoms with Crippen LogP contribution in [-0.2, 0) is 4.74 Å². The van der Waals surface area contributed by atoms with Gasteiger partial charge in [-0.05, 0) is 12.8 Å². The number of amides is 1. The first-order valence-corrected chi connectivity index (χ1v) is 6.84. The molecular formula is C13H21N5O2. The fourth-order valence-electron chi connectivity index (χ4n) is 2.06. The van der Waals surface area contributed by atoms with Crippen LogP contribution in [-0.4, -0.2) is 35.1 Å². The number of nitrogens with zero attached hydrogens (tertiary/aromatic N) is 2. The highest BCUT2D eigenvalue weighted by Crippen LogP contribution is 2.16. The van der Waals surface area contributed by atoms with Gasteiger partial charge in [0.15, 0.2) is 5.69 Å². The molecule has 0 aliphatic carbocycles. The first-order valence-electron chi connectivity index (χ1n) is 6.84. The molecule has 1 atom stereocenters. The van der Waals surface area contributed by atoms with Crippen LogP contribution in [0.5, 0.6) is 0 Å². The number of aromatic nitrogens is 2. The van der Waals surface area contributed by atoms with Crippen LogP contribution in [0.1, 0.15) is 48.9 Å². The van der Waals surface area contributed by atoms with Gasteiger partial charge in [-0.2, -0.15) is 0 Å². The molecule has 2 heterocycles. The van der Waals surface area contributed by atoms with Gasteiger partial charge in [-0.15, -0.1) is 0 Å². The number of hydrazine groups is 1. The number of hydrogen-bond acceptors (Lipinski definition) is 6. The van der Waals surface area contributed by atoms with Crippen molar-refractivity contribution < 1.29 is 9.53 Å². The van der Waals surface area contributed by atoms with Crippen LogP contribution in [0, 0.1) is 0 Å². The number of hydrogen-bond donors (Lipinski definition) is 3. The molecule has 0 spiro atoms. The van der Waals surface area contributed by atoms with E-state index in [0.717, 1.165) is 19.4 Å². The summed E-state index contributed by atoms with van der Waals surface area (Å²) in [6.07, 6.45) is 3.40. The van der Waals surface area contributed by atoms with Crippen molar-refractivity contribution in [1.82, 2.24) is 15.3 Å². The summed E-state index contributed by atoms with van der Waals surface area (Å²) in [5.41, 5.74) is 3.16. The van der Waals surface area contributed by atoms with Gasteiger partial charge in [0.25, 0.3) is 5.91 Å². The molecule has 2 rings (SSSR count). The number of ether oxygens (including phenoxy) is 1. The molecule has 0 aromatic carbocycles. The molecule has 1 aliphatic heterocycles. The fraction of sp³-hybridized carbons (Fsp3) is 0.615. The highest BCUT2D eigenvalue weighted by Gasteiger charge is 2.21. The number of anilines is 1. The van der Waals surface area contributed by atoms with E-state index in [9.17, 15) is 4.79 Å². The Labute approximate surface area is 118 Å². The molecular weight excluding hydrogens is 258 g/mol. The molecule has 20 heavy (non-hydrogen) atoms. The topological polar surface area (TPSA) is 102 Å². The lowest BCUT2D eigenvalue weighted by Gasteiger charge is -2.23. The standard InChI is InChI=1S/C13H21N5O2/c1-8(2)12-15-6-10(18-14)11(17-12)13(19)16-9-4-3-5-20-7-9/h6,8-9,18H,3-5,7,14H2,1-2H3,(H,16,19). The minimum absolute atomic E-state index is 0.0272. The Morgan fingerprint density at radius 2 is 2.35 bits per heavy atom. The number of rotatable bonds is 4. The van der Waals surface area contributed by atoms with E-state index in [1.54, 1.807) is 0 Å². The molecule has 4 N–H and O–H groups in total. The van der Waals surface area contributed by atoms with Crippen molar-refractivity contribution >= 4 is 11.6 Å². The zero-order chi connectivity index (χ0) is 14.5. The molecule has 7 heteroatoms. The van der Waals surface area contributed by atoms with E-state index in [4.69, 9.17) is 10.6 Å². The van der Waals surface area contributed by atoms with Gasteiger partial charge in [-0.25, -0.2) is 9.97 Å². The van der Waals surface area contributed by atoms with Crippen LogP contribution in [0.3, 0.4) is 0 Å². The Bertz CT molecular complexity index is 472. The van der Waals surface area contributed by atoms with Gasteiger partial charge in [0.05, 0.1) is 24.5 Å². The van der Waals surface area contributed by atoms with Gasteiger partial charge in [-0.3, -0.25) is 10.6 Å². The Morgan fingerprint density at radius 3 is 2.95 bits per heavy atom. The Kier molecular flexibility index (Phi) is 4.86. The first kappa shape index (κ1) is 14.7. The largest absolute Gasteiger partial charge is 0.379 e. The Hall–Kier alpha value is -1.73. The second kappa shape index (κ2) is 6.62. The van der Waals surface area contributed by atoms with Crippen LogP contribution < -0.4 is 16.6 Å². The lowest BCUT2D eigenvalue weighted by molar-refractivity contribution is 0.0622. The lowest BCUT2D eigenvalue weighted by Crippen LogP contribution is -2.41. The van der Waals surface area contributed by atoms with Crippen molar-refractivity contribution in [3.8, 4) is 0 Å². The van der Waals surface area contributed by atoms with Gasteiger partial charge >= 0.3 is 0 Å². The van der Waals surface area contributed by atoms with Crippen LogP contribution in [0.2, 0.25) is 0 Å². The van der Waals surface area contributed by atoms with Crippen LogP contribution in [0.4, 0.5) is 5.69 Å². The molecule has 7 nitrogen and oxygen atoms in total. The number of nitrogen functional groups attached to an aromatic ring is 1. The third-order valence-electron chi connectivity index (χ3n) is 3.19. The highest BCUT2D eigenvalue weighted by molar-refractivity contribution is 5.97. The summed E-state index contributed by atoms with van der Waals surface area (Å²) in [7, 11) is 0. The van der Waals surface area contributed by atoms with E-state index < -0.39 is 0 Å². The lowest BCUT2D eigenvalue weighted by atomic mass is 10.1. The monoisotopic (exact) mass is 279 g/mol. The van der Waals surface area contributed by atoms with Crippen molar-refractivity contribution in [2.24, 2.45) is 5.84 Å². The zero-order valence-electron chi connectivity index (χ0n) is 11.8. The van der Waals surface area contributed by atoms with Crippen molar-refractivity contribution in [2.45, 2.75) is 38.6 Å². The predicted molar refractivity (Wildman–Crippen MR) is 75.2 cm³/mol. The van der Waals surface area contributed by atoms with E-state index >= 15 is 0 Å². The van der Waals surface area contributed by atoms with Crippen molar-refractivity contribution in [3.63, 3.8) is 0 Å². The molecule has 1 saturated heterocycles. The predicted octanol–water partition coefficient (Wildman–Crippen LogP) is 0.794. The summed E-state index contributed by atoms with van der Waals surface area (Å²) >= 11 is 0. The van der Waals surface area contributed by atoms with Crippen LogP contribution in [0.15, 0.2) is 6.20 Å². The summed E-state index contributed by atoms with van der Waals surface area (Å²) < 4.78 is 5.35. The molecule has 1 fully saturated rings. The van der Waals surface area contributed by atoms with Crippen LogP contribution in [0.25, 0.3) is 0 Å². The third kappa shape index (κ3) is 3.43. The summed E-state index contributed by atoms with van der Waals surface area (Å²) in [6, 6.07) is 0.0272. The number of carbonyl (C=O) groups is 1. The maximum atomic E-state index is 12.3. The van der Waals surface area contributed by atoms with Crippen molar-refractivity contribution in [3.05, 3.63) is 17.7 Å². The van der Waals surface area contributed by atoms with Crippen LogP contribution >= 0.6 is 0 Å². The van der Waals surface area contributed by atoms with Gasteiger partial charge in [-0.1, -0.05) is 13.8 Å². The minimum atomic E-state index is -0.252. The molecule has 0 radical (unpaired) electrons. The molecule has 1 amide bonds. The number of carbonyl (C=O) groups excluding carboxylic acids is 1. The smallest absolute Gasteiger partial charge is 0.272 e. The van der Waals surface area contributed by atoms with E-state index in [1.807, 2.05) is 13.8 Å². The summed E-state index contributed by atoms with van der Waals surface area (Å²) in [5, 5.41) is 2.93. The Balaban J connectivity index is 2.16. The maximum Gasteiger partial charge on any atom is 0.272 e. The molecule has 0 bridgehead atoms. The maximum absolute atomic E-state index is 12.3. The highest BCUT2D eigenvalue weighted by atomic mass is 16.5. The second-order valence-corrected chi connectivity index (χ2v) is 5.18. The van der Waals surface area contributed by atoms with E-state index in [2.05, 4.69) is 20.7 Å². The first-order chi connectivity index (χ1) is 9.61. The molecule has 1 aromatic heterocycles. The van der Waals surface area contributed by atoms with Gasteiger partial charge in [0.2, 0.25) is 0 Å². The van der Waals surface area contributed by atoms with Gasteiger partial charge < -0.3 is 15.5 Å². The van der Waals surface area contributed by atoms with Crippen molar-refractivity contribution in [1.29, 1.82) is 0 Å². The molecule has 1 aromatic rings. The minimum Gasteiger partial charge on any atom is -0.379 e. The molecule has 1 aliphatic rings. The zero-order valence-corrected chi connectivity index (χ0v) is 11.8. The summed E-state index contributed by atoms with van der Waals surface area (Å²) in [4.78, 5) is 20.8. The molecule has 1 unspecified atom stereocenters. The third-order valence-corrected chi connectivity index (χ3v) is 3.19. The molecule has 110 valence electrons. The van der Waals surface area contributed by atoms with Gasteiger partial charge in [0.1, 0.15) is 5.82 Å². The SMILES string of the molecule is CC(C)c1ncc(NN)c(C(=O)NC2CCCOC2)n1. The summed E-state index contributed by atoms with van der Waals surface area (Å²) in [6.45, 7) is 5.25. The van der Waals surface area contributed by atoms with E-state index in [0.29, 0.717) is 18.1 Å². The average Bonchev–Trinajstić information content (AvgIpc) is 2.47. The summed E-state index contributed by atoms with van der Waals surface area (Å²) in [5.74, 6) is 5.93. The van der Waals surface area contributed by atoms with E-state index in [1.165, 1.54) is 6.20 Å². The van der Waals surface area contributed by atoms with Gasteiger partial charge in [0, 0.05) is 12.5 Å². The second-order valence-electron chi connectivity index (χ2n) is 5.18. The Morgan fingerprint density at radius 1 is 1.55 bits per heavy atom. The number of nitrogens with two attached hydrogens (primary N) is 1. The molecule has 0 saturated carbocycles.